The van der Waals surface area contributed by atoms with Crippen molar-refractivity contribution in [1.29, 1.82) is 0 Å². The molecule has 0 aromatic heterocycles. The van der Waals surface area contributed by atoms with Gasteiger partial charge in [0.25, 0.3) is 5.91 Å². The summed E-state index contributed by atoms with van der Waals surface area (Å²) in [5, 5.41) is 11.9. The highest BCUT2D eigenvalue weighted by Gasteiger charge is 2.19. The Morgan fingerprint density at radius 1 is 1.61 bits per heavy atom. The molecule has 0 aliphatic heterocycles. The Morgan fingerprint density at radius 2 is 2.28 bits per heavy atom. The molecular weight excluding hydrogens is 368 g/mol. The van der Waals surface area contributed by atoms with Crippen molar-refractivity contribution in [1.82, 2.24) is 5.32 Å². The first kappa shape index (κ1) is 15.7. The van der Waals surface area contributed by atoms with Crippen LogP contribution >= 0.6 is 34.4 Å². The molecule has 2 unspecified atom stereocenters. The van der Waals surface area contributed by atoms with E-state index in [2.05, 4.69) is 5.32 Å². The highest BCUT2D eigenvalue weighted by Crippen LogP contribution is 2.15. The molecule has 0 saturated heterocycles. The van der Waals surface area contributed by atoms with Crippen LogP contribution in [0.4, 0.5) is 4.39 Å². The van der Waals surface area contributed by atoms with Gasteiger partial charge in [-0.1, -0.05) is 0 Å². The number of carbonyl (C=O) groups excluding carboxylic acids is 1. The summed E-state index contributed by atoms with van der Waals surface area (Å²) in [6, 6.07) is 3.89. The molecule has 3 nitrogen and oxygen atoms in total. The highest BCUT2D eigenvalue weighted by atomic mass is 127. The fourth-order valence-electron chi connectivity index (χ4n) is 1.49. The molecule has 0 bridgehead atoms. The van der Waals surface area contributed by atoms with Crippen LogP contribution in [-0.4, -0.2) is 35.2 Å². The summed E-state index contributed by atoms with van der Waals surface area (Å²) in [6.45, 7) is 1.84. The van der Waals surface area contributed by atoms with Gasteiger partial charge in [0.2, 0.25) is 0 Å². The molecule has 1 aromatic rings. The molecule has 2 N–H and O–H groups in total. The van der Waals surface area contributed by atoms with Gasteiger partial charge in [0.1, 0.15) is 5.82 Å². The van der Waals surface area contributed by atoms with E-state index in [1.165, 1.54) is 30.0 Å². The lowest BCUT2D eigenvalue weighted by Gasteiger charge is -2.21. The molecule has 2 atom stereocenters. The molecule has 0 heterocycles. The zero-order valence-electron chi connectivity index (χ0n) is 10.1. The van der Waals surface area contributed by atoms with E-state index < -0.39 is 0 Å². The molecule has 100 valence electrons. The number of carbonyl (C=O) groups is 1. The summed E-state index contributed by atoms with van der Waals surface area (Å²) >= 11 is 3.42. The minimum atomic E-state index is -0.360. The SMILES string of the molecule is CSC(CO)C(C)NC(=O)c1ccc(F)cc1I. The van der Waals surface area contributed by atoms with Crippen LogP contribution in [0.3, 0.4) is 0 Å². The molecule has 0 fully saturated rings. The maximum atomic E-state index is 12.9. The zero-order chi connectivity index (χ0) is 13.7. The van der Waals surface area contributed by atoms with Crippen molar-refractivity contribution in [2.45, 2.75) is 18.2 Å². The number of aliphatic hydroxyl groups is 1. The quantitative estimate of drug-likeness (QED) is 0.768. The number of amides is 1. The maximum absolute atomic E-state index is 12.9. The smallest absolute Gasteiger partial charge is 0.252 e. The predicted molar refractivity (Wildman–Crippen MR) is 80.4 cm³/mol. The predicted octanol–water partition coefficient (Wildman–Crippen LogP) is 2.27. The third-order valence-corrected chi connectivity index (χ3v) is 4.63. The number of hydrogen-bond donors (Lipinski definition) is 2. The standard InChI is InChI=1S/C12H15FINO2S/c1-7(11(6-16)18-2)15-12(17)9-4-3-8(13)5-10(9)14/h3-5,7,11,16H,6H2,1-2H3,(H,15,17). The van der Waals surface area contributed by atoms with E-state index in [0.29, 0.717) is 9.13 Å². The first-order valence-corrected chi connectivity index (χ1v) is 7.75. The molecule has 1 aromatic carbocycles. The highest BCUT2D eigenvalue weighted by molar-refractivity contribution is 14.1. The normalized spacial score (nSPS) is 14.1. The Balaban J connectivity index is 2.76. The van der Waals surface area contributed by atoms with Crippen LogP contribution < -0.4 is 5.32 Å². The lowest BCUT2D eigenvalue weighted by atomic mass is 10.1. The number of halogens is 2. The number of hydrogen-bond acceptors (Lipinski definition) is 3. The van der Waals surface area contributed by atoms with Gasteiger partial charge in [0.05, 0.1) is 12.2 Å². The summed E-state index contributed by atoms with van der Waals surface area (Å²) in [5.74, 6) is -0.610. The number of nitrogens with one attached hydrogen (secondary N) is 1. The van der Waals surface area contributed by atoms with E-state index in [4.69, 9.17) is 5.11 Å². The fraction of sp³-hybridized carbons (Fsp3) is 0.417. The van der Waals surface area contributed by atoms with Crippen molar-refractivity contribution in [3.8, 4) is 0 Å². The van der Waals surface area contributed by atoms with E-state index in [1.807, 2.05) is 35.8 Å². The lowest BCUT2D eigenvalue weighted by molar-refractivity contribution is 0.0935. The van der Waals surface area contributed by atoms with E-state index in [0.717, 1.165) is 0 Å². The Labute approximate surface area is 124 Å². The largest absolute Gasteiger partial charge is 0.395 e. The molecule has 0 aliphatic rings. The Hall–Kier alpha value is -0.340. The molecule has 6 heteroatoms. The summed E-state index contributed by atoms with van der Waals surface area (Å²) in [4.78, 5) is 12.0. The number of aliphatic hydroxyl groups excluding tert-OH is 1. The molecular formula is C12H15FINO2S. The maximum Gasteiger partial charge on any atom is 0.252 e. The average Bonchev–Trinajstić information content (AvgIpc) is 2.30. The fourth-order valence-corrected chi connectivity index (χ4v) is 2.84. The van der Waals surface area contributed by atoms with Crippen LogP contribution in [0.5, 0.6) is 0 Å². The molecule has 1 amide bonds. The van der Waals surface area contributed by atoms with Crippen LogP contribution in [0, 0.1) is 9.39 Å². The number of rotatable bonds is 5. The summed E-state index contributed by atoms with van der Waals surface area (Å²) in [6.07, 6.45) is 1.88. The second kappa shape index (κ2) is 7.30. The second-order valence-corrected chi connectivity index (χ2v) is 6.08. The number of benzene rings is 1. The van der Waals surface area contributed by atoms with Crippen LogP contribution in [0.1, 0.15) is 17.3 Å². The topological polar surface area (TPSA) is 49.3 Å². The minimum absolute atomic E-state index is 0.00310. The van der Waals surface area contributed by atoms with Crippen LogP contribution in [0.2, 0.25) is 0 Å². The van der Waals surface area contributed by atoms with E-state index in [1.54, 1.807) is 0 Å². The first-order valence-electron chi connectivity index (χ1n) is 5.39. The van der Waals surface area contributed by atoms with Gasteiger partial charge in [-0.3, -0.25) is 4.79 Å². The van der Waals surface area contributed by atoms with Crippen molar-refractivity contribution in [3.63, 3.8) is 0 Å². The summed E-state index contributed by atoms with van der Waals surface area (Å²) in [7, 11) is 0. The molecule has 18 heavy (non-hydrogen) atoms. The minimum Gasteiger partial charge on any atom is -0.395 e. The monoisotopic (exact) mass is 383 g/mol. The van der Waals surface area contributed by atoms with E-state index in [-0.39, 0.29) is 29.6 Å². The van der Waals surface area contributed by atoms with E-state index in [9.17, 15) is 9.18 Å². The molecule has 0 spiro atoms. The number of thioether (sulfide) groups is 1. The van der Waals surface area contributed by atoms with Gasteiger partial charge in [-0.05, 0) is 54.0 Å². The average molecular weight is 383 g/mol. The molecule has 0 saturated carbocycles. The van der Waals surface area contributed by atoms with Crippen molar-refractivity contribution in [2.24, 2.45) is 0 Å². The van der Waals surface area contributed by atoms with Crippen LogP contribution in [0.15, 0.2) is 18.2 Å². The second-order valence-electron chi connectivity index (χ2n) is 3.84. The van der Waals surface area contributed by atoms with Crippen LogP contribution in [-0.2, 0) is 0 Å². The van der Waals surface area contributed by atoms with Gasteiger partial charge in [0.15, 0.2) is 0 Å². The third-order valence-electron chi connectivity index (χ3n) is 2.57. The Kier molecular flexibility index (Phi) is 6.37. The van der Waals surface area contributed by atoms with E-state index >= 15 is 0 Å². The Bertz CT molecular complexity index is 427. The lowest BCUT2D eigenvalue weighted by Crippen LogP contribution is -2.41. The Morgan fingerprint density at radius 3 is 2.78 bits per heavy atom. The molecule has 0 aliphatic carbocycles. The summed E-state index contributed by atoms with van der Waals surface area (Å²) in [5.41, 5.74) is 0.446. The van der Waals surface area contributed by atoms with Gasteiger partial charge in [-0.2, -0.15) is 11.8 Å². The first-order chi connectivity index (χ1) is 8.49. The van der Waals surface area contributed by atoms with Crippen molar-refractivity contribution >= 4 is 40.3 Å². The van der Waals surface area contributed by atoms with Gasteiger partial charge in [0, 0.05) is 14.9 Å². The zero-order valence-corrected chi connectivity index (χ0v) is 13.1. The van der Waals surface area contributed by atoms with Crippen molar-refractivity contribution in [3.05, 3.63) is 33.1 Å². The van der Waals surface area contributed by atoms with Gasteiger partial charge < -0.3 is 10.4 Å². The van der Waals surface area contributed by atoms with Crippen molar-refractivity contribution in [2.75, 3.05) is 12.9 Å². The molecule has 0 radical (unpaired) electrons. The van der Waals surface area contributed by atoms with Gasteiger partial charge in [-0.25, -0.2) is 4.39 Å². The summed E-state index contributed by atoms with van der Waals surface area (Å²) < 4.78 is 13.5. The van der Waals surface area contributed by atoms with Crippen molar-refractivity contribution < 1.29 is 14.3 Å². The van der Waals surface area contributed by atoms with Gasteiger partial charge >= 0.3 is 0 Å². The van der Waals surface area contributed by atoms with Crippen LogP contribution in [0.25, 0.3) is 0 Å². The molecule has 1 rings (SSSR count). The third kappa shape index (κ3) is 4.10. The van der Waals surface area contributed by atoms with Gasteiger partial charge in [-0.15, -0.1) is 0 Å².